The molecule has 1 heterocycles. The van der Waals surface area contributed by atoms with Crippen LogP contribution in [-0.4, -0.2) is 38.8 Å². The fraction of sp³-hybridized carbons (Fsp3) is 0.455. The minimum absolute atomic E-state index is 0.215. The zero-order valence-electron chi connectivity index (χ0n) is 9.77. The maximum absolute atomic E-state index is 11.0. The molecular weight excluding hydrogens is 208 g/mol. The minimum atomic E-state index is -0.215. The van der Waals surface area contributed by atoms with E-state index in [2.05, 4.69) is 9.72 Å². The van der Waals surface area contributed by atoms with Crippen molar-refractivity contribution in [1.29, 1.82) is 0 Å². The van der Waals surface area contributed by atoms with Crippen molar-refractivity contribution in [2.45, 2.75) is 6.42 Å². The van der Waals surface area contributed by atoms with Crippen LogP contribution in [0.15, 0.2) is 18.3 Å². The highest BCUT2D eigenvalue weighted by Gasteiger charge is 2.06. The summed E-state index contributed by atoms with van der Waals surface area (Å²) in [5.41, 5.74) is 0.954. The molecule has 0 fully saturated rings. The van der Waals surface area contributed by atoms with Crippen LogP contribution in [0.25, 0.3) is 0 Å². The van der Waals surface area contributed by atoms with Crippen molar-refractivity contribution in [2.24, 2.45) is 0 Å². The van der Waals surface area contributed by atoms with Crippen molar-refractivity contribution in [2.75, 3.05) is 32.7 Å². The van der Waals surface area contributed by atoms with Gasteiger partial charge >= 0.3 is 5.97 Å². The van der Waals surface area contributed by atoms with Gasteiger partial charge in [0, 0.05) is 31.5 Å². The van der Waals surface area contributed by atoms with Gasteiger partial charge in [-0.15, -0.1) is 0 Å². The Kier molecular flexibility index (Phi) is 4.57. The van der Waals surface area contributed by atoms with Crippen LogP contribution < -0.4 is 9.64 Å². The Morgan fingerprint density at radius 2 is 2.25 bits per heavy atom. The van der Waals surface area contributed by atoms with Crippen LogP contribution >= 0.6 is 0 Å². The molecule has 5 nitrogen and oxygen atoms in total. The van der Waals surface area contributed by atoms with Crippen LogP contribution in [0.3, 0.4) is 0 Å². The molecule has 0 atom stereocenters. The van der Waals surface area contributed by atoms with E-state index < -0.39 is 0 Å². The predicted molar refractivity (Wildman–Crippen MR) is 60.7 cm³/mol. The van der Waals surface area contributed by atoms with Crippen molar-refractivity contribution >= 4 is 11.7 Å². The Morgan fingerprint density at radius 1 is 1.50 bits per heavy atom. The van der Waals surface area contributed by atoms with Gasteiger partial charge in [0.2, 0.25) is 5.88 Å². The number of hydrogen-bond donors (Lipinski definition) is 0. The van der Waals surface area contributed by atoms with Gasteiger partial charge in [0.05, 0.1) is 20.6 Å². The first-order chi connectivity index (χ1) is 7.67. The molecule has 0 unspecified atom stereocenters. The van der Waals surface area contributed by atoms with Crippen LogP contribution in [0.5, 0.6) is 5.88 Å². The SMILES string of the molecule is COC(=O)CCN(C)c1ccnc(OC)c1. The van der Waals surface area contributed by atoms with Gasteiger partial charge in [0.15, 0.2) is 0 Å². The molecule has 0 aliphatic carbocycles. The van der Waals surface area contributed by atoms with Crippen LogP contribution in [-0.2, 0) is 9.53 Å². The summed E-state index contributed by atoms with van der Waals surface area (Å²) in [4.78, 5) is 16.9. The first-order valence-electron chi connectivity index (χ1n) is 4.95. The number of carbonyl (C=O) groups excluding carboxylic acids is 1. The summed E-state index contributed by atoms with van der Waals surface area (Å²) >= 11 is 0. The first kappa shape index (κ1) is 12.3. The van der Waals surface area contributed by atoms with Crippen LogP contribution in [0, 0.1) is 0 Å². The molecule has 0 aliphatic heterocycles. The number of nitrogens with zero attached hydrogens (tertiary/aromatic N) is 2. The number of methoxy groups -OCH3 is 2. The number of ether oxygens (including phenoxy) is 2. The van der Waals surface area contributed by atoms with Crippen LogP contribution in [0.1, 0.15) is 6.42 Å². The Balaban J connectivity index is 2.58. The maximum Gasteiger partial charge on any atom is 0.307 e. The van der Waals surface area contributed by atoms with Crippen molar-refractivity contribution in [3.05, 3.63) is 18.3 Å². The van der Waals surface area contributed by atoms with E-state index in [4.69, 9.17) is 4.74 Å². The lowest BCUT2D eigenvalue weighted by Gasteiger charge is -2.18. The number of rotatable bonds is 5. The topological polar surface area (TPSA) is 51.7 Å². The summed E-state index contributed by atoms with van der Waals surface area (Å²) in [5.74, 6) is 0.343. The van der Waals surface area contributed by atoms with E-state index >= 15 is 0 Å². The van der Waals surface area contributed by atoms with Gasteiger partial charge in [0.1, 0.15) is 0 Å². The quantitative estimate of drug-likeness (QED) is 0.701. The van der Waals surface area contributed by atoms with E-state index in [-0.39, 0.29) is 5.97 Å². The molecule has 5 heteroatoms. The zero-order chi connectivity index (χ0) is 12.0. The highest BCUT2D eigenvalue weighted by Crippen LogP contribution is 2.17. The zero-order valence-corrected chi connectivity index (χ0v) is 9.77. The second kappa shape index (κ2) is 5.95. The fourth-order valence-corrected chi connectivity index (χ4v) is 1.24. The highest BCUT2D eigenvalue weighted by atomic mass is 16.5. The van der Waals surface area contributed by atoms with Crippen LogP contribution in [0.2, 0.25) is 0 Å². The molecule has 0 saturated heterocycles. The molecule has 1 aromatic heterocycles. The Bertz CT molecular complexity index is 355. The number of aromatic nitrogens is 1. The summed E-state index contributed by atoms with van der Waals surface area (Å²) in [6, 6.07) is 3.68. The molecule has 88 valence electrons. The second-order valence-corrected chi connectivity index (χ2v) is 3.30. The molecule has 1 aromatic rings. The van der Waals surface area contributed by atoms with Gasteiger partial charge in [-0.05, 0) is 6.07 Å². The third kappa shape index (κ3) is 3.42. The van der Waals surface area contributed by atoms with Gasteiger partial charge < -0.3 is 14.4 Å². The summed E-state index contributed by atoms with van der Waals surface area (Å²) < 4.78 is 9.60. The summed E-state index contributed by atoms with van der Waals surface area (Å²) in [7, 11) is 4.86. The average molecular weight is 224 g/mol. The van der Waals surface area contributed by atoms with Gasteiger partial charge in [-0.2, -0.15) is 0 Å². The molecule has 0 spiro atoms. The van der Waals surface area contributed by atoms with E-state index in [1.54, 1.807) is 13.3 Å². The lowest BCUT2D eigenvalue weighted by Crippen LogP contribution is -2.21. The molecule has 0 N–H and O–H groups in total. The fourth-order valence-electron chi connectivity index (χ4n) is 1.24. The monoisotopic (exact) mass is 224 g/mol. The smallest absolute Gasteiger partial charge is 0.307 e. The van der Waals surface area contributed by atoms with Crippen LogP contribution in [0.4, 0.5) is 5.69 Å². The lowest BCUT2D eigenvalue weighted by atomic mass is 10.3. The van der Waals surface area contributed by atoms with Gasteiger partial charge in [0.25, 0.3) is 0 Å². The maximum atomic E-state index is 11.0. The van der Waals surface area contributed by atoms with Gasteiger partial charge in [-0.1, -0.05) is 0 Å². The van der Waals surface area contributed by atoms with E-state index in [1.807, 2.05) is 24.1 Å². The molecule has 0 amide bonds. The number of hydrogen-bond acceptors (Lipinski definition) is 5. The summed E-state index contributed by atoms with van der Waals surface area (Å²) in [6.45, 7) is 0.597. The summed E-state index contributed by atoms with van der Waals surface area (Å²) in [6.07, 6.45) is 2.03. The number of esters is 1. The van der Waals surface area contributed by atoms with Gasteiger partial charge in [-0.25, -0.2) is 4.98 Å². The molecule has 0 radical (unpaired) electrons. The van der Waals surface area contributed by atoms with Crippen molar-refractivity contribution in [3.8, 4) is 5.88 Å². The largest absolute Gasteiger partial charge is 0.481 e. The standard InChI is InChI=1S/C11H16N2O3/c1-13(7-5-11(14)16-3)9-4-6-12-10(8-9)15-2/h4,6,8H,5,7H2,1-3H3. The van der Waals surface area contributed by atoms with Crippen molar-refractivity contribution in [1.82, 2.24) is 4.98 Å². The van der Waals surface area contributed by atoms with E-state index in [9.17, 15) is 4.79 Å². The lowest BCUT2D eigenvalue weighted by molar-refractivity contribution is -0.140. The molecule has 0 aliphatic rings. The molecule has 16 heavy (non-hydrogen) atoms. The van der Waals surface area contributed by atoms with E-state index in [0.29, 0.717) is 18.8 Å². The van der Waals surface area contributed by atoms with E-state index in [0.717, 1.165) is 5.69 Å². The Labute approximate surface area is 95.0 Å². The van der Waals surface area contributed by atoms with Crippen molar-refractivity contribution in [3.63, 3.8) is 0 Å². The minimum Gasteiger partial charge on any atom is -0.481 e. The molecule has 0 aromatic carbocycles. The third-order valence-corrected chi connectivity index (χ3v) is 2.25. The molecule has 1 rings (SSSR count). The van der Waals surface area contributed by atoms with Gasteiger partial charge in [-0.3, -0.25) is 4.79 Å². The second-order valence-electron chi connectivity index (χ2n) is 3.30. The number of carbonyl (C=O) groups is 1. The summed E-state index contributed by atoms with van der Waals surface area (Å²) in [5, 5.41) is 0. The van der Waals surface area contributed by atoms with E-state index in [1.165, 1.54) is 7.11 Å². The average Bonchev–Trinajstić information content (AvgIpc) is 2.35. The Hall–Kier alpha value is -1.78. The van der Waals surface area contributed by atoms with Crippen molar-refractivity contribution < 1.29 is 14.3 Å². The predicted octanol–water partition coefficient (Wildman–Crippen LogP) is 1.09. The highest BCUT2D eigenvalue weighted by molar-refractivity contribution is 5.70. The first-order valence-corrected chi connectivity index (χ1v) is 4.95. The number of pyridine rings is 1. The molecule has 0 bridgehead atoms. The number of anilines is 1. The molecule has 0 saturated carbocycles. The normalized spacial score (nSPS) is 9.69. The third-order valence-electron chi connectivity index (χ3n) is 2.25. The molecular formula is C11H16N2O3. The Morgan fingerprint density at radius 3 is 2.88 bits per heavy atom.